The molecule has 0 bridgehead atoms. The number of rotatable bonds is 15. The molecule has 1 unspecified atom stereocenters. The molecule has 0 heterocycles. The highest BCUT2D eigenvalue weighted by Crippen LogP contribution is 2.43. The predicted octanol–water partition coefficient (Wildman–Crippen LogP) is 13.4. The molecular formula is C42H53F3O. The normalized spacial score (nSPS) is 20.0. The van der Waals surface area contributed by atoms with E-state index in [2.05, 4.69) is 19.9 Å². The van der Waals surface area contributed by atoms with Gasteiger partial charge in [-0.15, -0.1) is 0 Å². The zero-order valence-corrected chi connectivity index (χ0v) is 28.1. The van der Waals surface area contributed by atoms with Crippen molar-refractivity contribution in [3.05, 3.63) is 83.7 Å². The largest absolute Gasteiger partial charge is 0.490 e. The van der Waals surface area contributed by atoms with Crippen LogP contribution < -0.4 is 4.74 Å². The maximum Gasteiger partial charge on any atom is 0.201 e. The molecule has 5 rings (SSSR count). The van der Waals surface area contributed by atoms with Gasteiger partial charge in [0.15, 0.2) is 11.6 Å². The van der Waals surface area contributed by atoms with Crippen LogP contribution in [0, 0.1) is 35.2 Å². The van der Waals surface area contributed by atoms with Crippen molar-refractivity contribution in [2.24, 2.45) is 17.8 Å². The van der Waals surface area contributed by atoms with Crippen LogP contribution in [0.3, 0.4) is 0 Å². The van der Waals surface area contributed by atoms with Gasteiger partial charge in [-0.25, -0.2) is 8.78 Å². The lowest BCUT2D eigenvalue weighted by Gasteiger charge is -2.35. The van der Waals surface area contributed by atoms with Crippen LogP contribution in [0.15, 0.2) is 60.7 Å². The Hall–Kier alpha value is -3.01. The first-order valence-corrected chi connectivity index (χ1v) is 18.2. The van der Waals surface area contributed by atoms with Gasteiger partial charge in [-0.05, 0) is 96.7 Å². The van der Waals surface area contributed by atoms with Crippen LogP contribution in [0.5, 0.6) is 5.75 Å². The predicted molar refractivity (Wildman–Crippen MR) is 186 cm³/mol. The van der Waals surface area contributed by atoms with Crippen molar-refractivity contribution in [2.75, 3.05) is 6.61 Å². The Morgan fingerprint density at radius 2 is 1.30 bits per heavy atom. The number of ether oxygens (including phenoxy) is 1. The molecule has 0 aliphatic heterocycles. The minimum Gasteiger partial charge on any atom is -0.490 e. The first kappa shape index (κ1) is 34.3. The molecule has 0 radical (unpaired) electrons. The maximum atomic E-state index is 15.4. The molecule has 46 heavy (non-hydrogen) atoms. The highest BCUT2D eigenvalue weighted by Gasteiger charge is 2.29. The highest BCUT2D eigenvalue weighted by atomic mass is 19.2. The molecule has 1 saturated carbocycles. The van der Waals surface area contributed by atoms with Crippen LogP contribution in [-0.4, -0.2) is 6.61 Å². The molecule has 0 N–H and O–H groups in total. The second-order valence-electron chi connectivity index (χ2n) is 13.8. The van der Waals surface area contributed by atoms with Crippen molar-refractivity contribution >= 4 is 5.57 Å². The zero-order chi connectivity index (χ0) is 32.3. The van der Waals surface area contributed by atoms with Gasteiger partial charge in [0.1, 0.15) is 5.82 Å². The van der Waals surface area contributed by atoms with Crippen molar-refractivity contribution in [3.8, 4) is 28.0 Å². The minimum atomic E-state index is -0.957. The third-order valence-electron chi connectivity index (χ3n) is 10.6. The van der Waals surface area contributed by atoms with Gasteiger partial charge in [-0.2, -0.15) is 4.39 Å². The van der Waals surface area contributed by atoms with Crippen LogP contribution in [0.25, 0.3) is 27.8 Å². The summed E-state index contributed by atoms with van der Waals surface area (Å²) in [5.74, 6) is 0.388. The lowest BCUT2D eigenvalue weighted by atomic mass is 9.70. The van der Waals surface area contributed by atoms with Crippen LogP contribution in [-0.2, 0) is 0 Å². The van der Waals surface area contributed by atoms with Crippen molar-refractivity contribution in [3.63, 3.8) is 0 Å². The Balaban J connectivity index is 1.16. The van der Waals surface area contributed by atoms with E-state index >= 15 is 8.78 Å². The summed E-state index contributed by atoms with van der Waals surface area (Å²) >= 11 is 0. The number of halogens is 3. The summed E-state index contributed by atoms with van der Waals surface area (Å²) in [6.07, 6.45) is 21.8. The Morgan fingerprint density at radius 1 is 0.630 bits per heavy atom. The first-order valence-electron chi connectivity index (χ1n) is 18.2. The number of benzene rings is 3. The van der Waals surface area contributed by atoms with Gasteiger partial charge in [-0.1, -0.05) is 121 Å². The van der Waals surface area contributed by atoms with E-state index in [1.54, 1.807) is 24.3 Å². The lowest BCUT2D eigenvalue weighted by molar-refractivity contribution is 0.187. The summed E-state index contributed by atoms with van der Waals surface area (Å²) in [5, 5.41) is 0. The molecule has 0 saturated heterocycles. The van der Waals surface area contributed by atoms with Gasteiger partial charge >= 0.3 is 0 Å². The maximum absolute atomic E-state index is 15.4. The van der Waals surface area contributed by atoms with Gasteiger partial charge in [0.25, 0.3) is 0 Å². The van der Waals surface area contributed by atoms with Gasteiger partial charge < -0.3 is 4.74 Å². The summed E-state index contributed by atoms with van der Waals surface area (Å²) in [6, 6.07) is 15.7. The first-order chi connectivity index (χ1) is 22.5. The summed E-state index contributed by atoms with van der Waals surface area (Å²) in [7, 11) is 0. The topological polar surface area (TPSA) is 9.23 Å². The van der Waals surface area contributed by atoms with E-state index in [1.807, 2.05) is 24.3 Å². The molecule has 2 aliphatic rings. The van der Waals surface area contributed by atoms with Crippen LogP contribution >= 0.6 is 0 Å². The average molecular weight is 631 g/mol. The molecule has 1 nitrogen and oxygen atoms in total. The van der Waals surface area contributed by atoms with Crippen molar-refractivity contribution in [1.29, 1.82) is 0 Å². The average Bonchev–Trinajstić information content (AvgIpc) is 3.09. The second kappa shape index (κ2) is 17.2. The molecule has 1 atom stereocenters. The molecular weight excluding hydrogens is 577 g/mol. The fourth-order valence-electron chi connectivity index (χ4n) is 7.71. The number of hydrogen-bond donors (Lipinski definition) is 0. The van der Waals surface area contributed by atoms with E-state index in [-0.39, 0.29) is 17.1 Å². The van der Waals surface area contributed by atoms with Crippen LogP contribution in [0.2, 0.25) is 0 Å². The second-order valence-corrected chi connectivity index (χ2v) is 13.8. The smallest absolute Gasteiger partial charge is 0.201 e. The molecule has 0 amide bonds. The molecule has 248 valence electrons. The standard InChI is InChI=1S/C42H53F3O/c1-3-5-7-8-10-28-46-40-27-26-38(41(44)42(40)45)35-22-18-33(19-23-35)36-24-25-37(39(43)29-36)34-20-16-32(17-21-34)31-14-12-30(13-15-31)11-9-6-4-2/h18-20,22-27,29-32H,3-17,21,28H2,1-2H3. The third kappa shape index (κ3) is 8.87. The molecule has 4 heteroatoms. The van der Waals surface area contributed by atoms with Crippen LogP contribution in [0.1, 0.15) is 122 Å². The molecule has 1 fully saturated rings. The number of allylic oxidation sites excluding steroid dienone is 2. The Morgan fingerprint density at radius 3 is 2.00 bits per heavy atom. The fourth-order valence-corrected chi connectivity index (χ4v) is 7.71. The number of hydrogen-bond acceptors (Lipinski definition) is 1. The summed E-state index contributed by atoms with van der Waals surface area (Å²) in [5.41, 5.74) is 4.19. The van der Waals surface area contributed by atoms with Crippen molar-refractivity contribution in [1.82, 2.24) is 0 Å². The lowest BCUT2D eigenvalue weighted by Crippen LogP contribution is -2.23. The molecule has 3 aromatic rings. The van der Waals surface area contributed by atoms with Gasteiger partial charge in [0.2, 0.25) is 5.82 Å². The monoisotopic (exact) mass is 630 g/mol. The quantitative estimate of drug-likeness (QED) is 0.152. The van der Waals surface area contributed by atoms with E-state index < -0.39 is 11.6 Å². The van der Waals surface area contributed by atoms with E-state index in [1.165, 1.54) is 63.9 Å². The number of unbranched alkanes of at least 4 members (excludes halogenated alkanes) is 6. The summed E-state index contributed by atoms with van der Waals surface area (Å²) in [6.45, 7) is 4.81. The highest BCUT2D eigenvalue weighted by molar-refractivity contribution is 5.74. The van der Waals surface area contributed by atoms with Gasteiger partial charge in [0, 0.05) is 11.1 Å². The SMILES string of the molecule is CCCCCCCOc1ccc(-c2ccc(-c3ccc(C4=CCC(C5CCC(CCCCC)CC5)CC4)c(F)c3)cc2)c(F)c1F. The molecule has 3 aromatic carbocycles. The van der Waals surface area contributed by atoms with Crippen molar-refractivity contribution in [2.45, 2.75) is 117 Å². The van der Waals surface area contributed by atoms with E-state index in [9.17, 15) is 4.39 Å². The van der Waals surface area contributed by atoms with Gasteiger partial charge in [0.05, 0.1) is 6.61 Å². The van der Waals surface area contributed by atoms with E-state index in [0.29, 0.717) is 17.7 Å². The van der Waals surface area contributed by atoms with E-state index in [4.69, 9.17) is 4.74 Å². The molecule has 2 aliphatic carbocycles. The third-order valence-corrected chi connectivity index (χ3v) is 10.6. The summed E-state index contributed by atoms with van der Waals surface area (Å²) < 4.78 is 50.8. The Labute approximate surface area is 275 Å². The molecule has 0 aromatic heterocycles. The minimum absolute atomic E-state index is 0.0483. The van der Waals surface area contributed by atoms with E-state index in [0.717, 1.165) is 79.4 Å². The van der Waals surface area contributed by atoms with Gasteiger partial charge in [-0.3, -0.25) is 0 Å². The zero-order valence-electron chi connectivity index (χ0n) is 28.1. The Kier molecular flexibility index (Phi) is 12.9. The Bertz CT molecular complexity index is 1420. The van der Waals surface area contributed by atoms with Crippen molar-refractivity contribution < 1.29 is 17.9 Å². The van der Waals surface area contributed by atoms with Crippen LogP contribution in [0.4, 0.5) is 13.2 Å². The fraction of sp³-hybridized carbons (Fsp3) is 0.524. The summed E-state index contributed by atoms with van der Waals surface area (Å²) in [4.78, 5) is 0. The molecule has 0 spiro atoms.